The Morgan fingerprint density at radius 2 is 1.96 bits per heavy atom. The first kappa shape index (κ1) is 19.5. The highest BCUT2D eigenvalue weighted by Gasteiger charge is 2.17. The van der Waals surface area contributed by atoms with Crippen molar-refractivity contribution in [1.29, 1.82) is 0 Å². The van der Waals surface area contributed by atoms with Crippen molar-refractivity contribution < 1.29 is 19.1 Å². The van der Waals surface area contributed by atoms with Gasteiger partial charge in [-0.05, 0) is 40.7 Å². The zero-order valence-electron chi connectivity index (χ0n) is 15.8. The summed E-state index contributed by atoms with van der Waals surface area (Å²) in [4.78, 5) is 23.6. The van der Waals surface area contributed by atoms with Crippen molar-refractivity contribution in [2.45, 2.75) is 46.8 Å². The summed E-state index contributed by atoms with van der Waals surface area (Å²) in [7, 11) is 0. The monoisotopic (exact) mass is 359 g/mol. The number of carbonyl (C=O) groups excluding carboxylic acids is 2. The third-order valence-corrected chi connectivity index (χ3v) is 3.62. The van der Waals surface area contributed by atoms with E-state index in [0.29, 0.717) is 6.61 Å². The lowest BCUT2D eigenvalue weighted by Crippen LogP contribution is -2.29. The Morgan fingerprint density at radius 3 is 2.62 bits per heavy atom. The second kappa shape index (κ2) is 8.03. The Bertz CT molecular complexity index is 831. The van der Waals surface area contributed by atoms with E-state index >= 15 is 0 Å². The van der Waals surface area contributed by atoms with E-state index in [4.69, 9.17) is 9.47 Å². The molecule has 7 nitrogen and oxygen atoms in total. The molecule has 0 aliphatic heterocycles. The third-order valence-electron chi connectivity index (χ3n) is 3.62. The Hall–Kier alpha value is -2.83. The van der Waals surface area contributed by atoms with Crippen molar-refractivity contribution >= 4 is 29.2 Å². The minimum absolute atomic E-state index is 0.119. The molecule has 0 fully saturated rings. The van der Waals surface area contributed by atoms with Crippen LogP contribution in [0.5, 0.6) is 0 Å². The molecular formula is C19H25N3O4. The molecule has 7 heteroatoms. The molecule has 1 aromatic carbocycles. The van der Waals surface area contributed by atoms with Gasteiger partial charge in [-0.25, -0.2) is 10.2 Å². The van der Waals surface area contributed by atoms with Crippen LogP contribution in [0, 0.1) is 6.92 Å². The SMILES string of the molecule is CCOC(=O)Cn1c(C)c(/C=N\NC(=O)OC(C)(C)C)c2ccccc21. The molecule has 2 rings (SSSR count). The van der Waals surface area contributed by atoms with Crippen LogP contribution in [0.15, 0.2) is 29.4 Å². The molecule has 1 heterocycles. The van der Waals surface area contributed by atoms with Crippen LogP contribution in [-0.4, -0.2) is 35.1 Å². The van der Waals surface area contributed by atoms with Crippen LogP contribution in [0.3, 0.4) is 0 Å². The minimum Gasteiger partial charge on any atom is -0.465 e. The first-order valence-electron chi connectivity index (χ1n) is 8.48. The van der Waals surface area contributed by atoms with Gasteiger partial charge in [-0.2, -0.15) is 5.10 Å². The maximum absolute atomic E-state index is 11.9. The van der Waals surface area contributed by atoms with E-state index in [0.717, 1.165) is 22.2 Å². The molecular weight excluding hydrogens is 334 g/mol. The Morgan fingerprint density at radius 1 is 1.27 bits per heavy atom. The van der Waals surface area contributed by atoms with E-state index in [1.807, 2.05) is 35.8 Å². The van der Waals surface area contributed by atoms with Crippen LogP contribution >= 0.6 is 0 Å². The number of rotatable bonds is 5. The minimum atomic E-state index is -0.623. The van der Waals surface area contributed by atoms with Crippen LogP contribution in [-0.2, 0) is 20.8 Å². The van der Waals surface area contributed by atoms with Gasteiger partial charge >= 0.3 is 12.1 Å². The Labute approximate surface area is 153 Å². The zero-order chi connectivity index (χ0) is 19.3. The molecule has 0 aliphatic carbocycles. The van der Waals surface area contributed by atoms with Crippen LogP contribution in [0.1, 0.15) is 39.0 Å². The van der Waals surface area contributed by atoms with Gasteiger partial charge < -0.3 is 14.0 Å². The van der Waals surface area contributed by atoms with Gasteiger partial charge in [0.1, 0.15) is 12.1 Å². The number of nitrogens with zero attached hydrogens (tertiary/aromatic N) is 2. The summed E-state index contributed by atoms with van der Waals surface area (Å²) >= 11 is 0. The number of para-hydroxylation sites is 1. The van der Waals surface area contributed by atoms with E-state index in [9.17, 15) is 9.59 Å². The highest BCUT2D eigenvalue weighted by molar-refractivity contribution is 6.01. The molecule has 1 aromatic heterocycles. The molecule has 1 N–H and O–H groups in total. The second-order valence-corrected chi connectivity index (χ2v) is 6.78. The molecule has 0 saturated heterocycles. The fraction of sp³-hybridized carbons (Fsp3) is 0.421. The number of fused-ring (bicyclic) bond motifs is 1. The van der Waals surface area contributed by atoms with Crippen molar-refractivity contribution in [2.24, 2.45) is 5.10 Å². The van der Waals surface area contributed by atoms with Crippen molar-refractivity contribution in [1.82, 2.24) is 9.99 Å². The highest BCUT2D eigenvalue weighted by Crippen LogP contribution is 2.24. The van der Waals surface area contributed by atoms with Gasteiger partial charge in [0.25, 0.3) is 0 Å². The molecule has 0 aliphatic rings. The molecule has 26 heavy (non-hydrogen) atoms. The number of esters is 1. The van der Waals surface area contributed by atoms with Crippen LogP contribution in [0.25, 0.3) is 10.9 Å². The predicted molar refractivity (Wildman–Crippen MR) is 100 cm³/mol. The fourth-order valence-corrected chi connectivity index (χ4v) is 2.61. The summed E-state index contributed by atoms with van der Waals surface area (Å²) in [5.74, 6) is -0.299. The van der Waals surface area contributed by atoms with E-state index in [1.54, 1.807) is 33.9 Å². The molecule has 0 unspecified atom stereocenters. The quantitative estimate of drug-likeness (QED) is 0.504. The number of ether oxygens (including phenoxy) is 2. The average molecular weight is 359 g/mol. The zero-order valence-corrected chi connectivity index (χ0v) is 15.8. The van der Waals surface area contributed by atoms with Crippen molar-refractivity contribution in [3.63, 3.8) is 0 Å². The molecule has 2 aromatic rings. The number of hydrogen-bond acceptors (Lipinski definition) is 5. The summed E-state index contributed by atoms with van der Waals surface area (Å²) in [6, 6.07) is 7.69. The number of carbonyl (C=O) groups is 2. The van der Waals surface area contributed by atoms with Gasteiger partial charge in [0.05, 0.1) is 12.8 Å². The maximum atomic E-state index is 11.9. The maximum Gasteiger partial charge on any atom is 0.428 e. The topological polar surface area (TPSA) is 81.9 Å². The highest BCUT2D eigenvalue weighted by atomic mass is 16.6. The van der Waals surface area contributed by atoms with E-state index in [1.165, 1.54) is 0 Å². The van der Waals surface area contributed by atoms with Gasteiger partial charge in [-0.15, -0.1) is 0 Å². The molecule has 140 valence electrons. The Balaban J connectivity index is 2.27. The summed E-state index contributed by atoms with van der Waals surface area (Å²) in [5, 5.41) is 4.92. The molecule has 0 bridgehead atoms. The standard InChI is InChI=1S/C19H25N3O4/c1-6-25-17(23)12-22-13(2)15(14-9-7-8-10-16(14)22)11-20-21-18(24)26-19(3,4)5/h7-11H,6,12H2,1-5H3,(H,21,24)/b20-11-. The molecule has 0 saturated carbocycles. The van der Waals surface area contributed by atoms with Gasteiger partial charge in [0.2, 0.25) is 0 Å². The third kappa shape index (κ3) is 4.84. The van der Waals surface area contributed by atoms with Crippen molar-refractivity contribution in [2.75, 3.05) is 6.61 Å². The average Bonchev–Trinajstić information content (AvgIpc) is 2.79. The lowest BCUT2D eigenvalue weighted by atomic mass is 10.1. The number of benzene rings is 1. The predicted octanol–water partition coefficient (Wildman–Crippen LogP) is 3.37. The van der Waals surface area contributed by atoms with Crippen LogP contribution in [0.4, 0.5) is 4.79 Å². The first-order chi connectivity index (χ1) is 12.2. The van der Waals surface area contributed by atoms with E-state index in [2.05, 4.69) is 10.5 Å². The number of nitrogens with one attached hydrogen (secondary N) is 1. The van der Waals surface area contributed by atoms with Gasteiger partial charge in [-0.3, -0.25) is 4.79 Å². The van der Waals surface area contributed by atoms with Gasteiger partial charge in [-0.1, -0.05) is 18.2 Å². The summed E-state index contributed by atoms with van der Waals surface area (Å²) < 4.78 is 12.1. The summed E-state index contributed by atoms with van der Waals surface area (Å²) in [6.45, 7) is 9.47. The van der Waals surface area contributed by atoms with E-state index < -0.39 is 11.7 Å². The largest absolute Gasteiger partial charge is 0.465 e. The lowest BCUT2D eigenvalue weighted by molar-refractivity contribution is -0.143. The number of amides is 1. The number of hydrogen-bond donors (Lipinski definition) is 1. The summed E-state index contributed by atoms with van der Waals surface area (Å²) in [6.07, 6.45) is 0.935. The van der Waals surface area contributed by atoms with Crippen molar-refractivity contribution in [3.8, 4) is 0 Å². The lowest BCUT2D eigenvalue weighted by Gasteiger charge is -2.18. The number of aromatic nitrogens is 1. The second-order valence-electron chi connectivity index (χ2n) is 6.78. The summed E-state index contributed by atoms with van der Waals surface area (Å²) in [5.41, 5.74) is 4.34. The van der Waals surface area contributed by atoms with Gasteiger partial charge in [0.15, 0.2) is 0 Å². The fourth-order valence-electron chi connectivity index (χ4n) is 2.61. The normalized spacial score (nSPS) is 11.7. The first-order valence-corrected chi connectivity index (χ1v) is 8.48. The molecule has 0 atom stereocenters. The smallest absolute Gasteiger partial charge is 0.428 e. The van der Waals surface area contributed by atoms with E-state index in [-0.39, 0.29) is 12.5 Å². The molecule has 0 radical (unpaired) electrons. The Kier molecular flexibility index (Phi) is 6.02. The molecule has 0 spiro atoms. The number of hydrazone groups is 1. The van der Waals surface area contributed by atoms with Crippen molar-refractivity contribution in [3.05, 3.63) is 35.5 Å². The van der Waals surface area contributed by atoms with Crippen LogP contribution < -0.4 is 5.43 Å². The molecule has 1 amide bonds. The van der Waals surface area contributed by atoms with Crippen LogP contribution in [0.2, 0.25) is 0 Å². The van der Waals surface area contributed by atoms with Gasteiger partial charge in [0, 0.05) is 22.2 Å².